The maximum atomic E-state index is 12.5. The van der Waals surface area contributed by atoms with Crippen LogP contribution >= 0.6 is 11.3 Å². The Morgan fingerprint density at radius 3 is 2.35 bits per heavy atom. The highest BCUT2D eigenvalue weighted by Crippen LogP contribution is 2.41. The average Bonchev–Trinajstić information content (AvgIpc) is 3.00. The lowest BCUT2D eigenvalue weighted by atomic mass is 9.81. The number of thiazole rings is 1. The molecule has 2 heterocycles. The number of para-hydroxylation sites is 1. The number of anilines is 1. The first-order valence-corrected chi connectivity index (χ1v) is 7.81. The van der Waals surface area contributed by atoms with Crippen LogP contribution in [0.4, 0.5) is 5.13 Å². The zero-order chi connectivity index (χ0) is 13.7. The van der Waals surface area contributed by atoms with Gasteiger partial charge in [-0.3, -0.25) is 9.59 Å². The Balaban J connectivity index is 1.77. The zero-order valence-electron chi connectivity index (χ0n) is 10.9. The van der Waals surface area contributed by atoms with Gasteiger partial charge in [0.1, 0.15) is 0 Å². The summed E-state index contributed by atoms with van der Waals surface area (Å²) in [4.78, 5) is 30.8. The largest absolute Gasteiger partial charge is 0.274 e. The number of imide groups is 1. The van der Waals surface area contributed by atoms with Crippen molar-refractivity contribution in [3.63, 3.8) is 0 Å². The van der Waals surface area contributed by atoms with Gasteiger partial charge in [0, 0.05) is 0 Å². The predicted molar refractivity (Wildman–Crippen MR) is 77.6 cm³/mol. The lowest BCUT2D eigenvalue weighted by Crippen LogP contribution is -2.30. The number of carbonyl (C=O) groups is 2. The molecule has 1 aromatic heterocycles. The second-order valence-corrected chi connectivity index (χ2v) is 6.48. The fraction of sp³-hybridized carbons (Fsp3) is 0.400. The summed E-state index contributed by atoms with van der Waals surface area (Å²) in [6.45, 7) is 0. The highest BCUT2D eigenvalue weighted by molar-refractivity contribution is 7.22. The van der Waals surface area contributed by atoms with Crippen molar-refractivity contribution in [3.8, 4) is 0 Å². The van der Waals surface area contributed by atoms with Gasteiger partial charge in [0.15, 0.2) is 5.13 Å². The first-order valence-electron chi connectivity index (χ1n) is 6.99. The lowest BCUT2D eigenvalue weighted by Gasteiger charge is -2.19. The molecule has 2 atom stereocenters. The smallest absolute Gasteiger partial charge is 0.239 e. The summed E-state index contributed by atoms with van der Waals surface area (Å²) in [6.07, 6.45) is 3.79. The molecule has 1 aromatic carbocycles. The molecule has 2 fully saturated rings. The van der Waals surface area contributed by atoms with Gasteiger partial charge in [0.05, 0.1) is 22.1 Å². The third-order valence-electron chi connectivity index (χ3n) is 4.32. The fourth-order valence-corrected chi connectivity index (χ4v) is 4.28. The molecule has 1 aliphatic heterocycles. The number of fused-ring (bicyclic) bond motifs is 2. The van der Waals surface area contributed by atoms with Crippen LogP contribution in [-0.4, -0.2) is 16.8 Å². The number of rotatable bonds is 1. The van der Waals surface area contributed by atoms with Gasteiger partial charge in [0.2, 0.25) is 11.8 Å². The van der Waals surface area contributed by atoms with Gasteiger partial charge in [-0.25, -0.2) is 9.88 Å². The molecule has 20 heavy (non-hydrogen) atoms. The van der Waals surface area contributed by atoms with E-state index in [9.17, 15) is 9.59 Å². The Labute approximate surface area is 120 Å². The van der Waals surface area contributed by atoms with Crippen molar-refractivity contribution in [2.75, 3.05) is 4.90 Å². The average molecular weight is 286 g/mol. The van der Waals surface area contributed by atoms with Crippen LogP contribution in [0.5, 0.6) is 0 Å². The Kier molecular flexibility index (Phi) is 2.63. The monoisotopic (exact) mass is 286 g/mol. The summed E-state index contributed by atoms with van der Waals surface area (Å²) in [5, 5.41) is 0.538. The zero-order valence-corrected chi connectivity index (χ0v) is 11.7. The molecule has 0 unspecified atom stereocenters. The van der Waals surface area contributed by atoms with Gasteiger partial charge < -0.3 is 0 Å². The van der Waals surface area contributed by atoms with E-state index >= 15 is 0 Å². The van der Waals surface area contributed by atoms with Gasteiger partial charge in [-0.15, -0.1) is 0 Å². The van der Waals surface area contributed by atoms with Crippen molar-refractivity contribution in [1.82, 2.24) is 4.98 Å². The number of amides is 2. The SMILES string of the molecule is O=C1[C@H]2CCCC[C@H]2C(=O)N1c1nc2ccccc2s1. The molecule has 0 radical (unpaired) electrons. The minimum Gasteiger partial charge on any atom is -0.274 e. The van der Waals surface area contributed by atoms with E-state index in [-0.39, 0.29) is 23.7 Å². The molecule has 2 aliphatic rings. The number of aromatic nitrogens is 1. The van der Waals surface area contributed by atoms with Crippen LogP contribution in [0.3, 0.4) is 0 Å². The van der Waals surface area contributed by atoms with Crippen LogP contribution in [0, 0.1) is 11.8 Å². The van der Waals surface area contributed by atoms with Crippen LogP contribution < -0.4 is 4.90 Å². The molecule has 5 heteroatoms. The van der Waals surface area contributed by atoms with E-state index in [2.05, 4.69) is 4.98 Å². The first-order chi connectivity index (χ1) is 9.75. The Morgan fingerprint density at radius 2 is 1.70 bits per heavy atom. The molecule has 1 saturated heterocycles. The van der Waals surface area contributed by atoms with Crippen molar-refractivity contribution in [2.24, 2.45) is 11.8 Å². The molecule has 0 N–H and O–H groups in total. The molecular formula is C15H14N2O2S. The van der Waals surface area contributed by atoms with Gasteiger partial charge >= 0.3 is 0 Å². The number of benzene rings is 1. The van der Waals surface area contributed by atoms with E-state index in [4.69, 9.17) is 0 Å². The van der Waals surface area contributed by atoms with Crippen molar-refractivity contribution < 1.29 is 9.59 Å². The number of nitrogens with zero attached hydrogens (tertiary/aromatic N) is 2. The fourth-order valence-electron chi connectivity index (χ4n) is 3.31. The molecule has 0 bridgehead atoms. The van der Waals surface area contributed by atoms with Gasteiger partial charge in [-0.1, -0.05) is 36.3 Å². The number of hydrogen-bond acceptors (Lipinski definition) is 4. The van der Waals surface area contributed by atoms with E-state index in [1.807, 2.05) is 24.3 Å². The summed E-state index contributed by atoms with van der Waals surface area (Å²) < 4.78 is 1.01. The highest BCUT2D eigenvalue weighted by atomic mass is 32.1. The minimum atomic E-state index is -0.108. The normalized spacial score (nSPS) is 26.3. The summed E-state index contributed by atoms with van der Waals surface area (Å²) >= 11 is 1.42. The van der Waals surface area contributed by atoms with E-state index in [0.29, 0.717) is 5.13 Å². The Hall–Kier alpha value is -1.75. The maximum Gasteiger partial charge on any atom is 0.239 e. The second kappa shape index (κ2) is 4.38. The summed E-state index contributed by atoms with van der Waals surface area (Å²) in [7, 11) is 0. The number of hydrogen-bond donors (Lipinski definition) is 0. The number of carbonyl (C=O) groups excluding carboxylic acids is 2. The second-order valence-electron chi connectivity index (χ2n) is 5.47. The lowest BCUT2D eigenvalue weighted by molar-refractivity contribution is -0.122. The predicted octanol–water partition coefficient (Wildman–Crippen LogP) is 2.98. The first kappa shape index (κ1) is 12.0. The van der Waals surface area contributed by atoms with E-state index in [1.54, 1.807) is 0 Å². The molecule has 102 valence electrons. The molecular weight excluding hydrogens is 272 g/mol. The van der Waals surface area contributed by atoms with Crippen molar-refractivity contribution in [3.05, 3.63) is 24.3 Å². The van der Waals surface area contributed by atoms with Gasteiger partial charge in [-0.05, 0) is 25.0 Å². The molecule has 2 amide bonds. The third-order valence-corrected chi connectivity index (χ3v) is 5.34. The molecule has 1 aliphatic carbocycles. The van der Waals surface area contributed by atoms with Crippen molar-refractivity contribution in [2.45, 2.75) is 25.7 Å². The quantitative estimate of drug-likeness (QED) is 0.757. The van der Waals surface area contributed by atoms with Crippen molar-refractivity contribution >= 4 is 38.5 Å². The van der Waals surface area contributed by atoms with Gasteiger partial charge in [-0.2, -0.15) is 0 Å². The van der Waals surface area contributed by atoms with Crippen molar-refractivity contribution in [1.29, 1.82) is 0 Å². The van der Waals surface area contributed by atoms with Gasteiger partial charge in [0.25, 0.3) is 0 Å². The van der Waals surface area contributed by atoms with Crippen LogP contribution in [0.15, 0.2) is 24.3 Å². The molecule has 1 saturated carbocycles. The molecule has 4 nitrogen and oxygen atoms in total. The molecule has 4 rings (SSSR count). The maximum absolute atomic E-state index is 12.5. The van der Waals surface area contributed by atoms with Crippen LogP contribution in [0.1, 0.15) is 25.7 Å². The third kappa shape index (κ3) is 1.62. The van der Waals surface area contributed by atoms with Crippen LogP contribution in [0.2, 0.25) is 0 Å². The highest BCUT2D eigenvalue weighted by Gasteiger charge is 2.49. The molecule has 0 spiro atoms. The Morgan fingerprint density at radius 1 is 1.05 bits per heavy atom. The van der Waals surface area contributed by atoms with Crippen LogP contribution in [-0.2, 0) is 9.59 Å². The minimum absolute atomic E-state index is 0.0428. The van der Waals surface area contributed by atoms with E-state index in [0.717, 1.165) is 35.9 Å². The summed E-state index contributed by atoms with van der Waals surface area (Å²) in [5.41, 5.74) is 0.850. The summed E-state index contributed by atoms with van der Waals surface area (Å²) in [6, 6.07) is 7.74. The Bertz CT molecular complexity index is 652. The van der Waals surface area contributed by atoms with E-state index in [1.165, 1.54) is 16.2 Å². The van der Waals surface area contributed by atoms with E-state index < -0.39 is 0 Å². The van der Waals surface area contributed by atoms with Crippen LogP contribution in [0.25, 0.3) is 10.2 Å². The standard InChI is InChI=1S/C15H14N2O2S/c18-13-9-5-1-2-6-10(9)14(19)17(13)15-16-11-7-3-4-8-12(11)20-15/h3-4,7-10H,1-2,5-6H2/t9-,10+. The molecule has 2 aromatic rings. The summed E-state index contributed by atoms with van der Waals surface area (Å²) in [5.74, 6) is -0.302. The topological polar surface area (TPSA) is 50.3 Å².